The summed E-state index contributed by atoms with van der Waals surface area (Å²) < 4.78 is 4.17. The molecule has 0 fully saturated rings. The van der Waals surface area contributed by atoms with Crippen LogP contribution in [0.1, 0.15) is 14.6 Å². The van der Waals surface area contributed by atoms with Gasteiger partial charge in [-0.2, -0.15) is 0 Å². The van der Waals surface area contributed by atoms with Gasteiger partial charge >= 0.3 is 0 Å². The van der Waals surface area contributed by atoms with E-state index in [9.17, 15) is 0 Å². The lowest BCUT2D eigenvalue weighted by molar-refractivity contribution is 0.286. The smallest absolute Gasteiger partial charge is 0.0656 e. The average Bonchev–Trinajstić information content (AvgIpc) is 3.29. The Morgan fingerprint density at radius 1 is 0.560 bits per heavy atom. The maximum atomic E-state index is 2.64. The number of thiophene rings is 3. The van der Waals surface area contributed by atoms with Crippen LogP contribution >= 0.6 is 102 Å². The molecule has 0 bridgehead atoms. The van der Waals surface area contributed by atoms with Crippen molar-refractivity contribution in [2.45, 2.75) is 19.3 Å². The van der Waals surface area contributed by atoms with Crippen LogP contribution in [0.4, 0.5) is 0 Å². The van der Waals surface area contributed by atoms with Crippen LogP contribution in [0, 0.1) is 8.65 Å². The molecule has 0 radical (unpaired) electrons. The summed E-state index contributed by atoms with van der Waals surface area (Å²) in [5, 5.41) is 0. The Morgan fingerprint density at radius 2 is 0.880 bits per heavy atom. The second-order valence-electron chi connectivity index (χ2n) is 5.71. The van der Waals surface area contributed by atoms with Gasteiger partial charge in [-0.05, 0) is 123 Å². The summed E-state index contributed by atoms with van der Waals surface area (Å²) in [6, 6.07) is 13.5. The van der Waals surface area contributed by atoms with E-state index in [1.807, 2.05) is 34.0 Å². The van der Waals surface area contributed by atoms with E-state index in [0.717, 1.165) is 38.9 Å². The second kappa shape index (κ2) is 10.7. The van der Waals surface area contributed by atoms with Crippen LogP contribution in [-0.4, -0.2) is 24.5 Å². The van der Waals surface area contributed by atoms with Gasteiger partial charge in [0, 0.05) is 34.3 Å². The van der Waals surface area contributed by atoms with Gasteiger partial charge < -0.3 is 4.90 Å². The molecule has 7 heteroatoms. The van der Waals surface area contributed by atoms with E-state index in [-0.39, 0.29) is 0 Å². The third-order valence-corrected chi connectivity index (χ3v) is 9.77. The molecule has 0 saturated carbocycles. The maximum absolute atomic E-state index is 2.64. The van der Waals surface area contributed by atoms with Crippen molar-refractivity contribution < 1.29 is 0 Å². The highest BCUT2D eigenvalue weighted by Gasteiger charge is 2.09. The van der Waals surface area contributed by atoms with Crippen LogP contribution in [0.25, 0.3) is 0 Å². The number of nitrogens with zero attached hydrogens (tertiary/aromatic N) is 1. The lowest BCUT2D eigenvalue weighted by Crippen LogP contribution is -2.30. The molecule has 0 spiro atoms. The van der Waals surface area contributed by atoms with Gasteiger partial charge in [-0.25, -0.2) is 0 Å². The second-order valence-corrected chi connectivity index (χ2v) is 14.9. The molecule has 3 aromatic rings. The summed E-state index contributed by atoms with van der Waals surface area (Å²) in [6.45, 7) is 3.46. The third-order valence-electron chi connectivity index (χ3n) is 3.91. The van der Waals surface area contributed by atoms with E-state index < -0.39 is 0 Å². The van der Waals surface area contributed by atoms with Crippen LogP contribution in [0.2, 0.25) is 0 Å². The largest absolute Gasteiger partial charge is 0.302 e. The van der Waals surface area contributed by atoms with E-state index >= 15 is 0 Å². The van der Waals surface area contributed by atoms with Gasteiger partial charge in [-0.15, -0.1) is 34.0 Å². The van der Waals surface area contributed by atoms with Crippen molar-refractivity contribution in [2.24, 2.45) is 0 Å². The van der Waals surface area contributed by atoms with Gasteiger partial charge in [0.25, 0.3) is 0 Å². The van der Waals surface area contributed by atoms with Crippen LogP contribution in [-0.2, 0) is 19.3 Å². The molecule has 0 N–H and O–H groups in total. The molecule has 3 heterocycles. The number of rotatable bonds is 9. The van der Waals surface area contributed by atoms with Gasteiger partial charge in [0.05, 0.1) is 8.65 Å². The van der Waals surface area contributed by atoms with Crippen molar-refractivity contribution in [3.05, 3.63) is 59.7 Å². The zero-order chi connectivity index (χ0) is 17.6. The van der Waals surface area contributed by atoms with E-state index in [2.05, 4.69) is 109 Å². The van der Waals surface area contributed by atoms with Crippen molar-refractivity contribution in [3.63, 3.8) is 0 Å². The lowest BCUT2D eigenvalue weighted by Gasteiger charge is -2.21. The van der Waals surface area contributed by atoms with Gasteiger partial charge in [-0.1, -0.05) is 0 Å². The summed E-state index contributed by atoms with van der Waals surface area (Å²) in [5.74, 6) is 0. The minimum absolute atomic E-state index is 1.15. The normalized spacial score (nSPS) is 11.5. The fourth-order valence-electron chi connectivity index (χ4n) is 2.60. The Kier molecular flexibility index (Phi) is 8.98. The molecular formula is C18H18I3NS3. The quantitative estimate of drug-likeness (QED) is 0.215. The molecule has 0 unspecified atom stereocenters. The van der Waals surface area contributed by atoms with Crippen molar-refractivity contribution in [1.82, 2.24) is 4.90 Å². The van der Waals surface area contributed by atoms with Crippen molar-refractivity contribution in [1.29, 1.82) is 0 Å². The first-order valence-corrected chi connectivity index (χ1v) is 13.7. The summed E-state index contributed by atoms with van der Waals surface area (Å²) in [4.78, 5) is 7.16. The Morgan fingerprint density at radius 3 is 1.12 bits per heavy atom. The van der Waals surface area contributed by atoms with Crippen molar-refractivity contribution in [3.8, 4) is 0 Å². The highest BCUT2D eigenvalue weighted by atomic mass is 127. The lowest BCUT2D eigenvalue weighted by atomic mass is 10.2. The molecule has 134 valence electrons. The summed E-state index contributed by atoms with van der Waals surface area (Å²) in [5.41, 5.74) is 0. The molecule has 0 aliphatic rings. The predicted molar refractivity (Wildman–Crippen MR) is 139 cm³/mol. The standard InChI is InChI=1S/C18H18I3NS3/c19-16-4-1-13(23-16)7-10-22(11-8-14-2-5-17(20)24-14)12-9-15-3-6-18(21)25-15/h1-6H,7-12H2. The van der Waals surface area contributed by atoms with E-state index in [1.54, 1.807) is 0 Å². The molecule has 1 nitrogen and oxygen atoms in total. The van der Waals surface area contributed by atoms with Gasteiger partial charge in [0.15, 0.2) is 0 Å². The van der Waals surface area contributed by atoms with Crippen LogP contribution in [0.15, 0.2) is 36.4 Å². The van der Waals surface area contributed by atoms with Gasteiger partial charge in [0.2, 0.25) is 0 Å². The Labute approximate surface area is 202 Å². The molecule has 0 amide bonds. The average molecular weight is 725 g/mol. The van der Waals surface area contributed by atoms with E-state index in [1.165, 1.54) is 23.3 Å². The van der Waals surface area contributed by atoms with Gasteiger partial charge in [-0.3, -0.25) is 0 Å². The summed E-state index contributed by atoms with van der Waals surface area (Å²) >= 11 is 13.0. The SMILES string of the molecule is Ic1ccc(CCN(CCc2ccc(I)s2)CCc2ccc(I)s2)s1. The molecule has 0 saturated heterocycles. The molecule has 3 aromatic heterocycles. The molecule has 0 aliphatic heterocycles. The fraction of sp³-hybridized carbons (Fsp3) is 0.333. The number of halogens is 3. The van der Waals surface area contributed by atoms with Crippen molar-refractivity contribution in [2.75, 3.05) is 19.6 Å². The molecule has 0 aliphatic carbocycles. The first-order chi connectivity index (χ1) is 12.1. The fourth-order valence-corrected chi connectivity index (χ4v) is 7.83. The first-order valence-electron chi connectivity index (χ1n) is 8.03. The molecule has 3 rings (SSSR count). The molecule has 25 heavy (non-hydrogen) atoms. The molecule has 0 aromatic carbocycles. The van der Waals surface area contributed by atoms with E-state index in [0.29, 0.717) is 0 Å². The number of hydrogen-bond donors (Lipinski definition) is 0. The zero-order valence-corrected chi connectivity index (χ0v) is 22.4. The third kappa shape index (κ3) is 7.30. The maximum Gasteiger partial charge on any atom is 0.0656 e. The Balaban J connectivity index is 1.55. The van der Waals surface area contributed by atoms with Crippen LogP contribution < -0.4 is 0 Å². The van der Waals surface area contributed by atoms with Gasteiger partial charge in [0.1, 0.15) is 0 Å². The topological polar surface area (TPSA) is 3.24 Å². The number of hydrogen-bond acceptors (Lipinski definition) is 4. The highest BCUT2D eigenvalue weighted by molar-refractivity contribution is 14.1. The minimum atomic E-state index is 1.15. The predicted octanol–water partition coefficient (Wildman–Crippen LogP) is 7.01. The Hall–Kier alpha value is 1.25. The molecule has 0 atom stereocenters. The first kappa shape index (κ1) is 21.0. The summed E-state index contributed by atoms with van der Waals surface area (Å²) in [6.07, 6.45) is 3.49. The van der Waals surface area contributed by atoms with Crippen LogP contribution in [0.3, 0.4) is 0 Å². The van der Waals surface area contributed by atoms with E-state index in [4.69, 9.17) is 0 Å². The zero-order valence-electron chi connectivity index (χ0n) is 13.5. The summed E-state index contributed by atoms with van der Waals surface area (Å²) in [7, 11) is 0. The highest BCUT2D eigenvalue weighted by Crippen LogP contribution is 2.22. The van der Waals surface area contributed by atoms with Crippen LogP contribution in [0.5, 0.6) is 0 Å². The minimum Gasteiger partial charge on any atom is -0.302 e. The van der Waals surface area contributed by atoms with Crippen molar-refractivity contribution >= 4 is 102 Å². The molecular weight excluding hydrogens is 707 g/mol. The Bertz CT molecular complexity index is 688. The monoisotopic (exact) mass is 725 g/mol.